The topological polar surface area (TPSA) is 77.4 Å². The highest BCUT2D eigenvalue weighted by Gasteiger charge is 2.46. The van der Waals surface area contributed by atoms with Crippen molar-refractivity contribution in [1.82, 2.24) is 0 Å². The Balaban J connectivity index is 1.73. The highest BCUT2D eigenvalue weighted by atomic mass is 16.7. The number of aliphatic hydroxyl groups excluding tert-OH is 2. The second-order valence-electron chi connectivity index (χ2n) is 6.47. The van der Waals surface area contributed by atoms with Crippen LogP contribution in [-0.2, 0) is 32.2 Å². The van der Waals surface area contributed by atoms with Gasteiger partial charge in [0.2, 0.25) is 0 Å². The van der Waals surface area contributed by atoms with Gasteiger partial charge < -0.3 is 29.2 Å². The van der Waals surface area contributed by atoms with Gasteiger partial charge in [-0.1, -0.05) is 60.7 Å². The third-order valence-corrected chi connectivity index (χ3v) is 4.60. The predicted molar refractivity (Wildman–Crippen MR) is 98.8 cm³/mol. The van der Waals surface area contributed by atoms with Gasteiger partial charge in [0.1, 0.15) is 24.4 Å². The van der Waals surface area contributed by atoms with E-state index in [9.17, 15) is 10.2 Å². The summed E-state index contributed by atoms with van der Waals surface area (Å²) in [5, 5.41) is 20.2. The lowest BCUT2D eigenvalue weighted by Crippen LogP contribution is -2.60. The van der Waals surface area contributed by atoms with Gasteiger partial charge in [-0.15, -0.1) is 0 Å². The van der Waals surface area contributed by atoms with Crippen LogP contribution in [0.5, 0.6) is 0 Å². The zero-order chi connectivity index (χ0) is 19.1. The fourth-order valence-corrected chi connectivity index (χ4v) is 3.13. The van der Waals surface area contributed by atoms with E-state index in [-0.39, 0.29) is 6.61 Å². The van der Waals surface area contributed by atoms with Crippen molar-refractivity contribution >= 4 is 0 Å². The molecule has 2 N–H and O–H groups in total. The van der Waals surface area contributed by atoms with Crippen LogP contribution in [-0.4, -0.2) is 54.6 Å². The Labute approximate surface area is 159 Å². The van der Waals surface area contributed by atoms with Gasteiger partial charge in [0.15, 0.2) is 6.29 Å². The van der Waals surface area contributed by atoms with E-state index in [0.29, 0.717) is 13.2 Å². The highest BCUT2D eigenvalue weighted by Crippen LogP contribution is 2.28. The smallest absolute Gasteiger partial charge is 0.186 e. The molecule has 0 amide bonds. The SMILES string of the molecule is CO[C@H]1O[C@H](CO)[C@@H](O)[C@H](OCc2ccccc2)[C@@H]1OCc1ccccc1. The fraction of sp³-hybridized carbons (Fsp3) is 0.429. The van der Waals surface area contributed by atoms with E-state index in [1.807, 2.05) is 60.7 Å². The Hall–Kier alpha value is -1.80. The van der Waals surface area contributed by atoms with Gasteiger partial charge >= 0.3 is 0 Å². The van der Waals surface area contributed by atoms with Crippen LogP contribution in [0.2, 0.25) is 0 Å². The Morgan fingerprint density at radius 3 is 1.85 bits per heavy atom. The molecule has 0 saturated carbocycles. The molecule has 27 heavy (non-hydrogen) atoms. The van der Waals surface area contributed by atoms with E-state index in [0.717, 1.165) is 11.1 Å². The van der Waals surface area contributed by atoms with Crippen molar-refractivity contribution in [2.24, 2.45) is 0 Å². The van der Waals surface area contributed by atoms with Crippen molar-refractivity contribution in [3.05, 3.63) is 71.8 Å². The predicted octanol–water partition coefficient (Wildman–Crippen LogP) is 1.88. The van der Waals surface area contributed by atoms with Gasteiger partial charge in [-0.3, -0.25) is 0 Å². The number of ether oxygens (including phenoxy) is 4. The lowest BCUT2D eigenvalue weighted by Gasteiger charge is -2.43. The number of hydrogen-bond donors (Lipinski definition) is 2. The summed E-state index contributed by atoms with van der Waals surface area (Å²) in [6.45, 7) is 0.302. The van der Waals surface area contributed by atoms with Crippen LogP contribution in [0.1, 0.15) is 11.1 Å². The molecule has 1 aliphatic heterocycles. The molecule has 1 fully saturated rings. The molecule has 0 radical (unpaired) electrons. The molecule has 0 spiro atoms. The number of hydrogen-bond acceptors (Lipinski definition) is 6. The van der Waals surface area contributed by atoms with E-state index >= 15 is 0 Å². The quantitative estimate of drug-likeness (QED) is 0.735. The van der Waals surface area contributed by atoms with E-state index in [1.165, 1.54) is 7.11 Å². The van der Waals surface area contributed by atoms with Crippen LogP contribution in [0.4, 0.5) is 0 Å². The monoisotopic (exact) mass is 374 g/mol. The van der Waals surface area contributed by atoms with Gasteiger partial charge in [-0.25, -0.2) is 0 Å². The first-order chi connectivity index (χ1) is 13.2. The number of aliphatic hydroxyl groups is 2. The van der Waals surface area contributed by atoms with Crippen LogP contribution in [0, 0.1) is 0 Å². The minimum atomic E-state index is -1.04. The summed E-state index contributed by atoms with van der Waals surface area (Å²) in [5.74, 6) is 0. The molecule has 0 aliphatic carbocycles. The zero-order valence-electron chi connectivity index (χ0n) is 15.3. The molecule has 0 unspecified atom stereocenters. The van der Waals surface area contributed by atoms with Crippen LogP contribution in [0.15, 0.2) is 60.7 Å². The van der Waals surface area contributed by atoms with Crippen LogP contribution in [0.25, 0.3) is 0 Å². The second kappa shape index (κ2) is 9.94. The summed E-state index contributed by atoms with van der Waals surface area (Å²) in [5.41, 5.74) is 1.97. The van der Waals surface area contributed by atoms with Crippen molar-refractivity contribution < 1.29 is 29.2 Å². The molecule has 1 heterocycles. The minimum Gasteiger partial charge on any atom is -0.394 e. The maximum absolute atomic E-state index is 10.6. The molecule has 2 aromatic carbocycles. The molecular weight excluding hydrogens is 348 g/mol. The number of rotatable bonds is 8. The maximum atomic E-state index is 10.6. The first-order valence-corrected chi connectivity index (χ1v) is 9.01. The molecule has 6 nitrogen and oxygen atoms in total. The van der Waals surface area contributed by atoms with E-state index in [1.54, 1.807) is 0 Å². The van der Waals surface area contributed by atoms with Gasteiger partial charge in [-0.2, -0.15) is 0 Å². The van der Waals surface area contributed by atoms with Gasteiger partial charge in [-0.05, 0) is 11.1 Å². The van der Waals surface area contributed by atoms with Gasteiger partial charge in [0.05, 0.1) is 19.8 Å². The average Bonchev–Trinajstić information content (AvgIpc) is 2.73. The average molecular weight is 374 g/mol. The summed E-state index contributed by atoms with van der Waals surface area (Å²) >= 11 is 0. The van der Waals surface area contributed by atoms with E-state index in [2.05, 4.69) is 0 Å². The van der Waals surface area contributed by atoms with Crippen molar-refractivity contribution in [3.8, 4) is 0 Å². The number of methoxy groups -OCH3 is 1. The molecule has 1 aliphatic rings. The van der Waals surface area contributed by atoms with Crippen LogP contribution >= 0.6 is 0 Å². The van der Waals surface area contributed by atoms with Gasteiger partial charge in [0.25, 0.3) is 0 Å². The van der Waals surface area contributed by atoms with Crippen molar-refractivity contribution in [3.63, 3.8) is 0 Å². The van der Waals surface area contributed by atoms with Crippen molar-refractivity contribution in [2.75, 3.05) is 13.7 Å². The molecule has 3 rings (SSSR count). The zero-order valence-corrected chi connectivity index (χ0v) is 15.3. The summed E-state index contributed by atoms with van der Waals surface area (Å²) in [6, 6.07) is 19.4. The molecular formula is C21H26O6. The Kier molecular flexibility index (Phi) is 7.34. The normalized spacial score (nSPS) is 28.2. The Morgan fingerprint density at radius 1 is 0.852 bits per heavy atom. The Morgan fingerprint density at radius 2 is 1.37 bits per heavy atom. The van der Waals surface area contributed by atoms with Crippen LogP contribution in [0.3, 0.4) is 0 Å². The molecule has 146 valence electrons. The van der Waals surface area contributed by atoms with Crippen LogP contribution < -0.4 is 0 Å². The number of benzene rings is 2. The lowest BCUT2D eigenvalue weighted by atomic mass is 9.98. The van der Waals surface area contributed by atoms with Crippen molar-refractivity contribution in [2.45, 2.75) is 43.9 Å². The molecule has 2 aromatic rings. The molecule has 6 heteroatoms. The largest absolute Gasteiger partial charge is 0.394 e. The van der Waals surface area contributed by atoms with E-state index < -0.39 is 30.7 Å². The fourth-order valence-electron chi connectivity index (χ4n) is 3.13. The third-order valence-electron chi connectivity index (χ3n) is 4.60. The first-order valence-electron chi connectivity index (χ1n) is 9.01. The van der Waals surface area contributed by atoms with E-state index in [4.69, 9.17) is 18.9 Å². The maximum Gasteiger partial charge on any atom is 0.186 e. The lowest BCUT2D eigenvalue weighted by molar-refractivity contribution is -0.314. The summed E-state index contributed by atoms with van der Waals surface area (Å²) in [4.78, 5) is 0. The van der Waals surface area contributed by atoms with Crippen molar-refractivity contribution in [1.29, 1.82) is 0 Å². The Bertz CT molecular complexity index is 665. The summed E-state index contributed by atoms with van der Waals surface area (Å²) < 4.78 is 23.1. The molecule has 1 saturated heterocycles. The molecule has 0 bridgehead atoms. The second-order valence-corrected chi connectivity index (χ2v) is 6.47. The van der Waals surface area contributed by atoms with Gasteiger partial charge in [0, 0.05) is 7.11 Å². The molecule has 0 aromatic heterocycles. The highest BCUT2D eigenvalue weighted by molar-refractivity contribution is 5.14. The summed E-state index contributed by atoms with van der Waals surface area (Å²) in [7, 11) is 1.50. The molecule has 5 atom stereocenters. The summed E-state index contributed by atoms with van der Waals surface area (Å²) in [6.07, 6.45) is -3.94. The third kappa shape index (κ3) is 5.13. The standard InChI is InChI=1S/C21H26O6/c1-24-21-20(26-14-16-10-6-3-7-11-16)19(18(23)17(12-22)27-21)25-13-15-8-4-2-5-9-15/h2-11,17-23H,12-14H2,1H3/t17-,18-,19+,20+,21+/m1/s1. The minimum absolute atomic E-state index is 0.308. The first kappa shape index (κ1) is 19.9.